The van der Waals surface area contributed by atoms with Crippen LogP contribution >= 0.6 is 15.9 Å². The zero-order valence-electron chi connectivity index (χ0n) is 13.3. The zero-order chi connectivity index (χ0) is 15.2. The van der Waals surface area contributed by atoms with Crippen molar-refractivity contribution in [2.45, 2.75) is 38.3 Å². The molecule has 0 radical (unpaired) electrons. The van der Waals surface area contributed by atoms with E-state index in [2.05, 4.69) is 57.9 Å². The van der Waals surface area contributed by atoms with Gasteiger partial charge in [0.05, 0.1) is 0 Å². The minimum Gasteiger partial charge on any atom is -0.324 e. The first-order valence-corrected chi connectivity index (χ1v) is 8.83. The first kappa shape index (κ1) is 16.9. The number of likely N-dealkylation sites (N-methyl/N-ethyl adjacent to an activating group) is 1. The fourth-order valence-electron chi connectivity index (χ4n) is 3.18. The molecule has 1 aliphatic rings. The Hall–Kier alpha value is -0.420. The Morgan fingerprint density at radius 1 is 1.38 bits per heavy atom. The number of benzene rings is 1. The summed E-state index contributed by atoms with van der Waals surface area (Å²) in [5, 5.41) is 0. The van der Waals surface area contributed by atoms with Crippen molar-refractivity contribution in [3.63, 3.8) is 0 Å². The Bertz CT molecular complexity index is 438. The Morgan fingerprint density at radius 3 is 2.90 bits per heavy atom. The fourth-order valence-corrected chi connectivity index (χ4v) is 3.60. The summed E-state index contributed by atoms with van der Waals surface area (Å²) in [4.78, 5) is 5.10. The smallest absolute Gasteiger partial charge is 0.0307 e. The molecule has 4 heteroatoms. The van der Waals surface area contributed by atoms with Gasteiger partial charge in [-0.15, -0.1) is 0 Å². The van der Waals surface area contributed by atoms with Crippen LogP contribution < -0.4 is 5.73 Å². The van der Waals surface area contributed by atoms with Crippen molar-refractivity contribution in [1.29, 1.82) is 0 Å². The maximum atomic E-state index is 6.38. The van der Waals surface area contributed by atoms with Gasteiger partial charge in [-0.2, -0.15) is 0 Å². The maximum Gasteiger partial charge on any atom is 0.0307 e. The summed E-state index contributed by atoms with van der Waals surface area (Å²) in [6, 6.07) is 9.18. The normalized spacial score (nSPS) is 23.0. The van der Waals surface area contributed by atoms with E-state index >= 15 is 0 Å². The number of hydrogen-bond donors (Lipinski definition) is 1. The molecular formula is C17H28BrN3. The van der Waals surface area contributed by atoms with Crippen molar-refractivity contribution in [3.05, 3.63) is 34.3 Å². The highest BCUT2D eigenvalue weighted by Crippen LogP contribution is 2.20. The highest BCUT2D eigenvalue weighted by Gasteiger charge is 2.22. The summed E-state index contributed by atoms with van der Waals surface area (Å²) in [7, 11) is 2.24. The molecule has 1 heterocycles. The minimum atomic E-state index is 0.126. The molecular weight excluding hydrogens is 326 g/mol. The Balaban J connectivity index is 1.91. The lowest BCUT2D eigenvalue weighted by Crippen LogP contribution is -2.40. The molecule has 0 spiro atoms. The van der Waals surface area contributed by atoms with Crippen molar-refractivity contribution in [1.82, 2.24) is 9.80 Å². The number of hydrogen-bond acceptors (Lipinski definition) is 3. The van der Waals surface area contributed by atoms with Gasteiger partial charge in [-0.25, -0.2) is 0 Å². The Morgan fingerprint density at radius 2 is 2.19 bits per heavy atom. The average molecular weight is 354 g/mol. The summed E-state index contributed by atoms with van der Waals surface area (Å²) in [5.74, 6) is 0. The molecule has 0 saturated carbocycles. The molecule has 0 aromatic heterocycles. The monoisotopic (exact) mass is 353 g/mol. The quantitative estimate of drug-likeness (QED) is 0.881. The topological polar surface area (TPSA) is 32.5 Å². The molecule has 1 aromatic rings. The van der Waals surface area contributed by atoms with Gasteiger partial charge in [-0.3, -0.25) is 4.90 Å². The second-order valence-electron chi connectivity index (χ2n) is 6.16. The van der Waals surface area contributed by atoms with E-state index in [1.807, 2.05) is 6.07 Å². The largest absolute Gasteiger partial charge is 0.324 e. The summed E-state index contributed by atoms with van der Waals surface area (Å²) in [6.07, 6.45) is 3.51. The average Bonchev–Trinajstić information content (AvgIpc) is 2.65. The molecule has 2 atom stereocenters. The van der Waals surface area contributed by atoms with Crippen LogP contribution in [0.1, 0.15) is 37.8 Å². The van der Waals surface area contributed by atoms with Gasteiger partial charge in [0.1, 0.15) is 0 Å². The van der Waals surface area contributed by atoms with E-state index in [0.717, 1.165) is 17.4 Å². The van der Waals surface area contributed by atoms with Crippen LogP contribution in [0.4, 0.5) is 0 Å². The molecule has 0 bridgehead atoms. The molecule has 2 unspecified atom stereocenters. The van der Waals surface area contributed by atoms with Crippen molar-refractivity contribution in [2.24, 2.45) is 5.73 Å². The van der Waals surface area contributed by atoms with Crippen LogP contribution in [-0.4, -0.2) is 49.1 Å². The van der Waals surface area contributed by atoms with Crippen molar-refractivity contribution >= 4 is 15.9 Å². The number of nitrogens with two attached hydrogens (primary N) is 1. The summed E-state index contributed by atoms with van der Waals surface area (Å²) >= 11 is 3.52. The van der Waals surface area contributed by atoms with Crippen molar-refractivity contribution in [2.75, 3.05) is 33.2 Å². The van der Waals surface area contributed by atoms with Crippen LogP contribution in [0.5, 0.6) is 0 Å². The third-order valence-corrected chi connectivity index (χ3v) is 4.99. The van der Waals surface area contributed by atoms with E-state index in [9.17, 15) is 0 Å². The lowest BCUT2D eigenvalue weighted by molar-refractivity contribution is 0.178. The van der Waals surface area contributed by atoms with Gasteiger partial charge in [0.25, 0.3) is 0 Å². The highest BCUT2D eigenvalue weighted by atomic mass is 79.9. The second-order valence-corrected chi connectivity index (χ2v) is 7.08. The van der Waals surface area contributed by atoms with Gasteiger partial charge in [0.15, 0.2) is 0 Å². The van der Waals surface area contributed by atoms with Crippen LogP contribution in [0.15, 0.2) is 28.7 Å². The van der Waals surface area contributed by atoms with E-state index in [-0.39, 0.29) is 6.04 Å². The van der Waals surface area contributed by atoms with Crippen LogP contribution in [0.3, 0.4) is 0 Å². The van der Waals surface area contributed by atoms with Gasteiger partial charge in [-0.05, 0) is 57.1 Å². The molecule has 1 aromatic carbocycles. The molecule has 118 valence electrons. The second kappa shape index (κ2) is 8.28. The molecule has 1 aliphatic heterocycles. The molecule has 2 N–H and O–H groups in total. The summed E-state index contributed by atoms with van der Waals surface area (Å²) < 4.78 is 1.11. The van der Waals surface area contributed by atoms with Gasteiger partial charge < -0.3 is 10.6 Å². The maximum absolute atomic E-state index is 6.38. The standard InChI is InChI=1S/C17H28BrN3/c1-3-16-13-20(2)9-5-10-21(16)11-8-17(19)14-6-4-7-15(18)12-14/h4,6-7,12,16-17H,3,5,8-11,13,19H2,1-2H3. The Labute approximate surface area is 137 Å². The van der Waals surface area contributed by atoms with E-state index in [1.165, 1.54) is 38.0 Å². The first-order chi connectivity index (χ1) is 10.1. The zero-order valence-corrected chi connectivity index (χ0v) is 14.8. The summed E-state index contributed by atoms with van der Waals surface area (Å²) in [6.45, 7) is 6.99. The molecule has 0 amide bonds. The predicted molar refractivity (Wildman–Crippen MR) is 93.5 cm³/mol. The molecule has 1 fully saturated rings. The number of halogens is 1. The third-order valence-electron chi connectivity index (χ3n) is 4.50. The van der Waals surface area contributed by atoms with Crippen LogP contribution in [0.2, 0.25) is 0 Å². The van der Waals surface area contributed by atoms with Crippen LogP contribution in [0.25, 0.3) is 0 Å². The lowest BCUT2D eigenvalue weighted by Gasteiger charge is -2.31. The number of rotatable bonds is 5. The lowest BCUT2D eigenvalue weighted by atomic mass is 10.0. The van der Waals surface area contributed by atoms with E-state index in [4.69, 9.17) is 5.73 Å². The summed E-state index contributed by atoms with van der Waals surface area (Å²) in [5.41, 5.74) is 7.60. The predicted octanol–water partition coefficient (Wildman–Crippen LogP) is 3.26. The SMILES string of the molecule is CCC1CN(C)CCCN1CCC(N)c1cccc(Br)c1. The fraction of sp³-hybridized carbons (Fsp3) is 0.647. The van der Waals surface area contributed by atoms with E-state index in [0.29, 0.717) is 6.04 Å². The Kier molecular flexibility index (Phi) is 6.68. The van der Waals surface area contributed by atoms with E-state index in [1.54, 1.807) is 0 Å². The molecule has 21 heavy (non-hydrogen) atoms. The van der Waals surface area contributed by atoms with Crippen molar-refractivity contribution < 1.29 is 0 Å². The molecule has 1 saturated heterocycles. The third kappa shape index (κ3) is 5.06. The van der Waals surface area contributed by atoms with Gasteiger partial charge in [-0.1, -0.05) is 35.0 Å². The van der Waals surface area contributed by atoms with Crippen LogP contribution in [0, 0.1) is 0 Å². The van der Waals surface area contributed by atoms with Crippen LogP contribution in [-0.2, 0) is 0 Å². The van der Waals surface area contributed by atoms with E-state index < -0.39 is 0 Å². The van der Waals surface area contributed by atoms with Crippen molar-refractivity contribution in [3.8, 4) is 0 Å². The molecule has 2 rings (SSSR count). The number of nitrogens with zero attached hydrogens (tertiary/aromatic N) is 2. The van der Waals surface area contributed by atoms with Gasteiger partial charge in [0, 0.05) is 29.6 Å². The molecule has 0 aliphatic carbocycles. The van der Waals surface area contributed by atoms with Gasteiger partial charge >= 0.3 is 0 Å². The first-order valence-electron chi connectivity index (χ1n) is 8.03. The minimum absolute atomic E-state index is 0.126. The van der Waals surface area contributed by atoms with Gasteiger partial charge in [0.2, 0.25) is 0 Å². The molecule has 3 nitrogen and oxygen atoms in total. The highest BCUT2D eigenvalue weighted by molar-refractivity contribution is 9.10.